The van der Waals surface area contributed by atoms with E-state index in [-0.39, 0.29) is 23.5 Å². The summed E-state index contributed by atoms with van der Waals surface area (Å²) < 4.78 is 12.5. The summed E-state index contributed by atoms with van der Waals surface area (Å²) in [7, 11) is 0. The Morgan fingerprint density at radius 1 is 1.40 bits per heavy atom. The second kappa shape index (κ2) is 7.09. The van der Waals surface area contributed by atoms with Crippen LogP contribution in [0.4, 0.5) is 0 Å². The van der Waals surface area contributed by atoms with Crippen molar-refractivity contribution < 1.29 is 19.1 Å². The molecule has 2 rings (SSSR count). The normalized spacial score (nSPS) is 10.5. The maximum atomic E-state index is 10.4. The summed E-state index contributed by atoms with van der Waals surface area (Å²) in [6.07, 6.45) is 0. The van der Waals surface area contributed by atoms with E-state index in [4.69, 9.17) is 14.3 Å². The highest BCUT2D eigenvalue weighted by atomic mass is 79.9. The molecule has 0 aliphatic heterocycles. The predicted octanol–water partition coefficient (Wildman–Crippen LogP) is 3.35. The van der Waals surface area contributed by atoms with Crippen LogP contribution in [0.2, 0.25) is 0 Å². The molecule has 0 radical (unpaired) electrons. The number of carbonyl (C=O) groups is 1. The number of aliphatic carboxylic acids is 1. The molecule has 0 spiro atoms. The third-order valence-electron chi connectivity index (χ3n) is 2.01. The van der Waals surface area contributed by atoms with Crippen LogP contribution in [0.15, 0.2) is 36.8 Å². The van der Waals surface area contributed by atoms with Crippen LogP contribution in [0, 0.1) is 0 Å². The quantitative estimate of drug-likeness (QED) is 0.713. The fraction of sp³-hybridized carbons (Fsp3) is 0.182. The van der Waals surface area contributed by atoms with E-state index in [0.717, 1.165) is 20.7 Å². The van der Waals surface area contributed by atoms with E-state index in [1.807, 2.05) is 12.1 Å². The van der Waals surface area contributed by atoms with E-state index in [9.17, 15) is 4.79 Å². The first-order valence-electron chi connectivity index (χ1n) is 5.29. The van der Waals surface area contributed by atoms with Crippen molar-refractivity contribution in [1.29, 1.82) is 0 Å². The molecule has 0 aliphatic rings. The fourth-order valence-electron chi connectivity index (χ4n) is 1.21. The van der Waals surface area contributed by atoms with Gasteiger partial charge in [0.15, 0.2) is 6.61 Å². The molecule has 0 fully saturated rings. The highest BCUT2D eigenvalue weighted by molar-refractivity contribution is 9.11. The molecule has 0 atom stereocenters. The molecule has 0 bridgehead atoms. The number of aromatic nitrogens is 2. The van der Waals surface area contributed by atoms with Gasteiger partial charge in [0.05, 0.1) is 4.47 Å². The Kier molecular flexibility index (Phi) is 5.44. The number of hydrogen-bond acceptors (Lipinski definition) is 6. The summed E-state index contributed by atoms with van der Waals surface area (Å²) in [5.74, 6) is -0.135. The van der Waals surface area contributed by atoms with Crippen molar-refractivity contribution in [1.82, 2.24) is 10.2 Å². The maximum absolute atomic E-state index is 10.4. The SMILES string of the molecule is O=C(O)CSc1nnc(COc2ccc(Br)cc2Br)o1. The second-order valence-electron chi connectivity index (χ2n) is 3.51. The number of hydrogen-bond donors (Lipinski definition) is 1. The molecule has 1 aromatic carbocycles. The second-order valence-corrected chi connectivity index (χ2v) is 6.20. The highest BCUT2D eigenvalue weighted by Crippen LogP contribution is 2.28. The van der Waals surface area contributed by atoms with E-state index < -0.39 is 5.97 Å². The van der Waals surface area contributed by atoms with Gasteiger partial charge in [-0.2, -0.15) is 0 Å². The van der Waals surface area contributed by atoms with Gasteiger partial charge in [-0.15, -0.1) is 10.2 Å². The summed E-state index contributed by atoms with van der Waals surface area (Å²) in [6.45, 7) is 0.112. The van der Waals surface area contributed by atoms with E-state index in [1.165, 1.54) is 0 Å². The molecule has 6 nitrogen and oxygen atoms in total. The van der Waals surface area contributed by atoms with Crippen LogP contribution in [-0.4, -0.2) is 27.0 Å². The molecule has 0 saturated heterocycles. The van der Waals surface area contributed by atoms with Crippen molar-refractivity contribution in [3.63, 3.8) is 0 Å². The number of benzene rings is 1. The Bertz CT molecular complexity index is 620. The van der Waals surface area contributed by atoms with Crippen molar-refractivity contribution in [2.45, 2.75) is 11.8 Å². The Morgan fingerprint density at radius 3 is 2.90 bits per heavy atom. The predicted molar refractivity (Wildman–Crippen MR) is 78.8 cm³/mol. The largest absolute Gasteiger partial charge is 0.483 e. The lowest BCUT2D eigenvalue weighted by atomic mass is 10.3. The minimum Gasteiger partial charge on any atom is -0.483 e. The molecular formula is C11H8Br2N2O4S. The van der Waals surface area contributed by atoms with Crippen molar-refractivity contribution in [2.24, 2.45) is 0 Å². The van der Waals surface area contributed by atoms with Gasteiger partial charge < -0.3 is 14.3 Å². The lowest BCUT2D eigenvalue weighted by Gasteiger charge is -2.05. The van der Waals surface area contributed by atoms with Crippen LogP contribution in [0.5, 0.6) is 5.75 Å². The first-order chi connectivity index (χ1) is 9.54. The van der Waals surface area contributed by atoms with Crippen LogP contribution in [0.25, 0.3) is 0 Å². The van der Waals surface area contributed by atoms with Crippen LogP contribution < -0.4 is 4.74 Å². The van der Waals surface area contributed by atoms with Crippen LogP contribution >= 0.6 is 43.6 Å². The maximum Gasteiger partial charge on any atom is 0.314 e. The molecule has 106 valence electrons. The van der Waals surface area contributed by atoms with Crippen molar-refractivity contribution in [3.05, 3.63) is 33.0 Å². The first kappa shape index (κ1) is 15.3. The standard InChI is InChI=1S/C11H8Br2N2O4S/c12-6-1-2-8(7(13)3-6)18-4-9-14-15-11(19-9)20-5-10(16)17/h1-3H,4-5H2,(H,16,17). The van der Waals surface area contributed by atoms with Gasteiger partial charge in [-0.05, 0) is 34.1 Å². The number of halogens is 2. The van der Waals surface area contributed by atoms with Crippen LogP contribution in [-0.2, 0) is 11.4 Å². The molecule has 2 aromatic rings. The van der Waals surface area contributed by atoms with Crippen molar-refractivity contribution in [3.8, 4) is 5.75 Å². The zero-order valence-electron chi connectivity index (χ0n) is 9.88. The Hall–Kier alpha value is -1.06. The molecule has 1 heterocycles. The van der Waals surface area contributed by atoms with E-state index in [1.54, 1.807) is 6.07 Å². The topological polar surface area (TPSA) is 85.5 Å². The first-order valence-corrected chi connectivity index (χ1v) is 7.86. The van der Waals surface area contributed by atoms with Gasteiger partial charge in [0.1, 0.15) is 11.5 Å². The molecule has 0 aliphatic carbocycles. The van der Waals surface area contributed by atoms with Gasteiger partial charge in [0.25, 0.3) is 11.1 Å². The third-order valence-corrected chi connectivity index (χ3v) is 3.93. The number of ether oxygens (including phenoxy) is 1. The monoisotopic (exact) mass is 422 g/mol. The van der Waals surface area contributed by atoms with Gasteiger partial charge in [-0.25, -0.2) is 0 Å². The molecule has 9 heteroatoms. The van der Waals surface area contributed by atoms with E-state index in [0.29, 0.717) is 5.75 Å². The molecular weight excluding hydrogens is 416 g/mol. The number of carboxylic acid groups (broad SMARTS) is 1. The lowest BCUT2D eigenvalue weighted by Crippen LogP contribution is -1.97. The summed E-state index contributed by atoms with van der Waals surface area (Å²) in [5, 5.41) is 16.2. The molecule has 1 aromatic heterocycles. The van der Waals surface area contributed by atoms with Crippen molar-refractivity contribution >= 4 is 49.6 Å². The van der Waals surface area contributed by atoms with Gasteiger partial charge in [0, 0.05) is 4.47 Å². The summed E-state index contributed by atoms with van der Waals surface area (Å²) in [5.41, 5.74) is 0. The Labute approximate surface area is 135 Å². The van der Waals surface area contributed by atoms with Gasteiger partial charge in [0.2, 0.25) is 0 Å². The Balaban J connectivity index is 1.92. The lowest BCUT2D eigenvalue weighted by molar-refractivity contribution is -0.133. The molecule has 0 amide bonds. The van der Waals surface area contributed by atoms with E-state index in [2.05, 4.69) is 42.1 Å². The minimum atomic E-state index is -0.940. The zero-order chi connectivity index (χ0) is 14.5. The molecule has 1 N–H and O–H groups in total. The smallest absolute Gasteiger partial charge is 0.314 e. The average molecular weight is 424 g/mol. The zero-order valence-corrected chi connectivity index (χ0v) is 13.9. The van der Waals surface area contributed by atoms with Gasteiger partial charge in [-0.3, -0.25) is 4.79 Å². The number of carboxylic acids is 1. The number of rotatable bonds is 6. The third kappa shape index (κ3) is 4.50. The van der Waals surface area contributed by atoms with Gasteiger partial charge >= 0.3 is 5.97 Å². The minimum absolute atomic E-state index is 0.112. The molecule has 20 heavy (non-hydrogen) atoms. The number of nitrogens with zero attached hydrogens (tertiary/aromatic N) is 2. The van der Waals surface area contributed by atoms with E-state index >= 15 is 0 Å². The summed E-state index contributed by atoms with van der Waals surface area (Å²) in [4.78, 5) is 10.4. The number of thioether (sulfide) groups is 1. The van der Waals surface area contributed by atoms with Gasteiger partial charge in [-0.1, -0.05) is 27.7 Å². The highest BCUT2D eigenvalue weighted by Gasteiger charge is 2.10. The molecule has 0 saturated carbocycles. The van der Waals surface area contributed by atoms with Crippen molar-refractivity contribution in [2.75, 3.05) is 5.75 Å². The fourth-order valence-corrected chi connectivity index (χ4v) is 2.87. The average Bonchev–Trinajstić information content (AvgIpc) is 2.83. The Morgan fingerprint density at radius 2 is 2.20 bits per heavy atom. The summed E-state index contributed by atoms with van der Waals surface area (Å²) in [6, 6.07) is 5.50. The molecule has 0 unspecified atom stereocenters. The summed E-state index contributed by atoms with van der Waals surface area (Å²) >= 11 is 7.69. The van der Waals surface area contributed by atoms with Crippen LogP contribution in [0.3, 0.4) is 0 Å². The van der Waals surface area contributed by atoms with Crippen LogP contribution in [0.1, 0.15) is 5.89 Å².